The summed E-state index contributed by atoms with van der Waals surface area (Å²) < 4.78 is 4.55. The van der Waals surface area contributed by atoms with Crippen molar-refractivity contribution in [3.8, 4) is 22.6 Å². The second-order valence-corrected chi connectivity index (χ2v) is 6.27. The predicted molar refractivity (Wildman–Crippen MR) is 108 cm³/mol. The fourth-order valence-corrected chi connectivity index (χ4v) is 2.70. The number of anilines is 1. The fraction of sp³-hybridized carbons (Fsp3) is 0.190. The van der Waals surface area contributed by atoms with Gasteiger partial charge in [0.25, 0.3) is 5.56 Å². The molecule has 1 amide bonds. The quantitative estimate of drug-likeness (QED) is 0.598. The van der Waals surface area contributed by atoms with Crippen LogP contribution in [0, 0.1) is 0 Å². The smallest absolute Gasteiger partial charge is 0.305 e. The van der Waals surface area contributed by atoms with E-state index in [1.807, 2.05) is 0 Å². The van der Waals surface area contributed by atoms with Crippen LogP contribution in [0.1, 0.15) is 19.3 Å². The number of H-pyrrole nitrogens is 1. The zero-order valence-corrected chi connectivity index (χ0v) is 15.8. The fourth-order valence-electron chi connectivity index (χ4n) is 2.70. The molecule has 0 aliphatic heterocycles. The summed E-state index contributed by atoms with van der Waals surface area (Å²) in [6, 6.07) is 12.0. The number of nitrogens with one attached hydrogen (secondary N) is 2. The van der Waals surface area contributed by atoms with Gasteiger partial charge >= 0.3 is 5.97 Å². The van der Waals surface area contributed by atoms with Gasteiger partial charge in [-0.2, -0.15) is 0 Å². The van der Waals surface area contributed by atoms with E-state index in [1.54, 1.807) is 48.8 Å². The van der Waals surface area contributed by atoms with Crippen LogP contribution in [-0.4, -0.2) is 33.9 Å². The lowest BCUT2D eigenvalue weighted by atomic mass is 10.1. The highest BCUT2D eigenvalue weighted by Gasteiger charge is 2.08. The molecular formula is C21H20N4O4. The van der Waals surface area contributed by atoms with Crippen LogP contribution < -0.4 is 10.9 Å². The Balaban J connectivity index is 1.69. The molecule has 0 aliphatic carbocycles. The van der Waals surface area contributed by atoms with E-state index in [1.165, 1.54) is 13.2 Å². The molecule has 1 aromatic carbocycles. The molecule has 0 atom stereocenters. The van der Waals surface area contributed by atoms with E-state index in [2.05, 4.69) is 25.0 Å². The number of pyridine rings is 1. The number of rotatable bonds is 7. The first-order valence-electron chi connectivity index (χ1n) is 9.04. The number of hydrogen-bond donors (Lipinski definition) is 2. The van der Waals surface area contributed by atoms with Crippen LogP contribution in [0.15, 0.2) is 59.7 Å². The Kier molecular flexibility index (Phi) is 6.47. The number of carbonyl (C=O) groups is 2. The summed E-state index contributed by atoms with van der Waals surface area (Å²) in [6.07, 6.45) is 4.13. The standard InChI is InChI=1S/C21H20N4O4/c1-29-20(28)4-2-3-18(26)23-16-7-5-15(6-8-16)21-24-17(13-19(27)25-21)14-9-11-22-12-10-14/h5-13H,2-4H2,1H3,(H,23,26)(H,24,25,27). The van der Waals surface area contributed by atoms with Gasteiger partial charge in [-0.25, -0.2) is 4.98 Å². The minimum absolute atomic E-state index is 0.187. The summed E-state index contributed by atoms with van der Waals surface area (Å²) in [5.74, 6) is -0.0919. The molecule has 3 aromatic rings. The van der Waals surface area contributed by atoms with E-state index in [0.29, 0.717) is 29.2 Å². The number of aromatic nitrogens is 3. The first-order chi connectivity index (χ1) is 14.0. The van der Waals surface area contributed by atoms with Crippen molar-refractivity contribution in [2.75, 3.05) is 12.4 Å². The summed E-state index contributed by atoms with van der Waals surface area (Å²) in [5.41, 5.74) is 2.41. The largest absolute Gasteiger partial charge is 0.469 e. The number of carbonyl (C=O) groups excluding carboxylic acids is 2. The number of esters is 1. The van der Waals surface area contributed by atoms with Crippen LogP contribution in [0.5, 0.6) is 0 Å². The minimum Gasteiger partial charge on any atom is -0.469 e. The predicted octanol–water partition coefficient (Wildman–Crippen LogP) is 2.78. The Labute approximate surface area is 167 Å². The van der Waals surface area contributed by atoms with Gasteiger partial charge in [0.2, 0.25) is 5.91 Å². The molecule has 0 aliphatic rings. The molecule has 0 fully saturated rings. The van der Waals surface area contributed by atoms with Crippen LogP contribution in [0.25, 0.3) is 22.6 Å². The first kappa shape index (κ1) is 19.9. The average molecular weight is 392 g/mol. The lowest BCUT2D eigenvalue weighted by molar-refractivity contribution is -0.140. The third-order valence-corrected chi connectivity index (χ3v) is 4.17. The van der Waals surface area contributed by atoms with E-state index in [0.717, 1.165) is 5.56 Å². The van der Waals surface area contributed by atoms with Crippen molar-refractivity contribution >= 4 is 17.6 Å². The van der Waals surface area contributed by atoms with Crippen molar-refractivity contribution in [3.63, 3.8) is 0 Å². The molecule has 0 unspecified atom stereocenters. The highest BCUT2D eigenvalue weighted by atomic mass is 16.5. The first-order valence-corrected chi connectivity index (χ1v) is 9.04. The monoisotopic (exact) mass is 392 g/mol. The average Bonchev–Trinajstić information content (AvgIpc) is 2.74. The zero-order chi connectivity index (χ0) is 20.6. The Hall–Kier alpha value is -3.81. The molecule has 2 aromatic heterocycles. The second-order valence-electron chi connectivity index (χ2n) is 6.27. The van der Waals surface area contributed by atoms with Gasteiger partial charge < -0.3 is 15.0 Å². The molecule has 3 rings (SSSR count). The summed E-state index contributed by atoms with van der Waals surface area (Å²) in [6.45, 7) is 0. The number of amides is 1. The summed E-state index contributed by atoms with van der Waals surface area (Å²) in [4.78, 5) is 46.3. The van der Waals surface area contributed by atoms with E-state index in [9.17, 15) is 14.4 Å². The van der Waals surface area contributed by atoms with E-state index in [4.69, 9.17) is 0 Å². The molecule has 8 heteroatoms. The Morgan fingerprint density at radius 3 is 2.45 bits per heavy atom. The normalized spacial score (nSPS) is 10.4. The maximum atomic E-state index is 12.0. The number of methoxy groups -OCH3 is 1. The molecule has 2 N–H and O–H groups in total. The third-order valence-electron chi connectivity index (χ3n) is 4.17. The van der Waals surface area contributed by atoms with Crippen LogP contribution in [0.3, 0.4) is 0 Å². The van der Waals surface area contributed by atoms with Gasteiger partial charge in [0.05, 0.1) is 12.8 Å². The highest BCUT2D eigenvalue weighted by molar-refractivity contribution is 5.91. The lowest BCUT2D eigenvalue weighted by Crippen LogP contribution is -2.12. The second kappa shape index (κ2) is 9.41. The van der Waals surface area contributed by atoms with Crippen LogP contribution in [-0.2, 0) is 14.3 Å². The van der Waals surface area contributed by atoms with Crippen molar-refractivity contribution in [1.82, 2.24) is 15.0 Å². The van der Waals surface area contributed by atoms with Gasteiger partial charge in [-0.05, 0) is 42.8 Å². The van der Waals surface area contributed by atoms with Crippen LogP contribution >= 0.6 is 0 Å². The van der Waals surface area contributed by atoms with Crippen molar-refractivity contribution in [2.24, 2.45) is 0 Å². The molecule has 0 saturated heterocycles. The number of ether oxygens (including phenoxy) is 1. The molecule has 29 heavy (non-hydrogen) atoms. The van der Waals surface area contributed by atoms with Crippen molar-refractivity contribution in [3.05, 3.63) is 65.2 Å². The van der Waals surface area contributed by atoms with Crippen molar-refractivity contribution in [1.29, 1.82) is 0 Å². The van der Waals surface area contributed by atoms with Gasteiger partial charge in [0.15, 0.2) is 0 Å². The molecule has 0 spiro atoms. The molecule has 2 heterocycles. The van der Waals surface area contributed by atoms with Crippen LogP contribution in [0.2, 0.25) is 0 Å². The SMILES string of the molecule is COC(=O)CCCC(=O)Nc1ccc(-c2nc(-c3ccncc3)cc(=O)[nH]2)cc1. The minimum atomic E-state index is -0.336. The van der Waals surface area contributed by atoms with Gasteiger partial charge in [0, 0.05) is 48.1 Å². The van der Waals surface area contributed by atoms with Gasteiger partial charge in [-0.3, -0.25) is 19.4 Å². The van der Waals surface area contributed by atoms with Crippen molar-refractivity contribution in [2.45, 2.75) is 19.3 Å². The summed E-state index contributed by atoms with van der Waals surface area (Å²) in [7, 11) is 1.32. The Morgan fingerprint density at radius 1 is 1.03 bits per heavy atom. The zero-order valence-electron chi connectivity index (χ0n) is 15.8. The molecule has 148 valence electrons. The topological polar surface area (TPSA) is 114 Å². The Bertz CT molecular complexity index is 1050. The highest BCUT2D eigenvalue weighted by Crippen LogP contribution is 2.21. The number of nitrogens with zero attached hydrogens (tertiary/aromatic N) is 2. The number of hydrogen-bond acceptors (Lipinski definition) is 6. The molecule has 8 nitrogen and oxygen atoms in total. The lowest BCUT2D eigenvalue weighted by Gasteiger charge is -2.07. The summed E-state index contributed by atoms with van der Waals surface area (Å²) >= 11 is 0. The molecular weight excluding hydrogens is 372 g/mol. The van der Waals surface area contributed by atoms with Gasteiger partial charge in [-0.1, -0.05) is 0 Å². The number of benzene rings is 1. The van der Waals surface area contributed by atoms with E-state index >= 15 is 0 Å². The van der Waals surface area contributed by atoms with Crippen molar-refractivity contribution < 1.29 is 14.3 Å². The summed E-state index contributed by atoms with van der Waals surface area (Å²) in [5, 5.41) is 2.77. The maximum Gasteiger partial charge on any atom is 0.305 e. The maximum absolute atomic E-state index is 12.0. The van der Waals surface area contributed by atoms with Crippen LogP contribution in [0.4, 0.5) is 5.69 Å². The molecule has 0 radical (unpaired) electrons. The Morgan fingerprint density at radius 2 is 1.76 bits per heavy atom. The molecule has 0 bridgehead atoms. The molecule has 0 saturated carbocycles. The van der Waals surface area contributed by atoms with E-state index in [-0.39, 0.29) is 30.3 Å². The van der Waals surface area contributed by atoms with Gasteiger partial charge in [0.1, 0.15) is 5.82 Å². The van der Waals surface area contributed by atoms with E-state index < -0.39 is 0 Å². The number of aromatic amines is 1. The van der Waals surface area contributed by atoms with Gasteiger partial charge in [-0.15, -0.1) is 0 Å². The third kappa shape index (κ3) is 5.58.